The van der Waals surface area contributed by atoms with Crippen LogP contribution in [0.15, 0.2) is 0 Å². The summed E-state index contributed by atoms with van der Waals surface area (Å²) >= 11 is 0. The van der Waals surface area contributed by atoms with E-state index in [2.05, 4.69) is 5.32 Å². The van der Waals surface area contributed by atoms with Crippen molar-refractivity contribution >= 4 is 0 Å². The molecule has 1 saturated heterocycles. The lowest BCUT2D eigenvalue weighted by atomic mass is 9.85. The van der Waals surface area contributed by atoms with E-state index in [4.69, 9.17) is 0 Å². The third kappa shape index (κ3) is 1.76. The fourth-order valence-electron chi connectivity index (χ4n) is 2.39. The lowest BCUT2D eigenvalue weighted by Crippen LogP contribution is -2.52. The molecule has 1 saturated carbocycles. The van der Waals surface area contributed by atoms with Gasteiger partial charge in [-0.2, -0.15) is 0 Å². The van der Waals surface area contributed by atoms with E-state index < -0.39 is 0 Å². The SMILES string of the molecule is C1CCCC2CNC2CCC1. The van der Waals surface area contributed by atoms with Crippen molar-refractivity contribution < 1.29 is 0 Å². The Morgan fingerprint density at radius 1 is 0.818 bits per heavy atom. The van der Waals surface area contributed by atoms with Crippen molar-refractivity contribution in [2.75, 3.05) is 6.54 Å². The molecule has 1 heterocycles. The first-order valence-corrected chi connectivity index (χ1v) is 5.20. The predicted molar refractivity (Wildman–Crippen MR) is 47.6 cm³/mol. The average molecular weight is 153 g/mol. The molecule has 0 bridgehead atoms. The molecule has 1 N–H and O–H groups in total. The maximum atomic E-state index is 3.54. The second-order valence-corrected chi connectivity index (χ2v) is 4.12. The zero-order chi connectivity index (χ0) is 7.52. The highest BCUT2D eigenvalue weighted by molar-refractivity contribution is 4.88. The minimum absolute atomic E-state index is 0.910. The molecule has 1 aliphatic heterocycles. The second-order valence-electron chi connectivity index (χ2n) is 4.12. The third-order valence-corrected chi connectivity index (χ3v) is 3.30. The minimum atomic E-state index is 0.910. The number of rotatable bonds is 0. The summed E-state index contributed by atoms with van der Waals surface area (Å²) in [6.45, 7) is 1.31. The largest absolute Gasteiger partial charge is 0.313 e. The maximum Gasteiger partial charge on any atom is 0.0108 e. The van der Waals surface area contributed by atoms with Gasteiger partial charge in [0.25, 0.3) is 0 Å². The van der Waals surface area contributed by atoms with E-state index in [1.54, 1.807) is 0 Å². The van der Waals surface area contributed by atoms with Crippen LogP contribution in [-0.4, -0.2) is 12.6 Å². The van der Waals surface area contributed by atoms with Crippen LogP contribution in [0.1, 0.15) is 44.9 Å². The molecule has 0 spiro atoms. The lowest BCUT2D eigenvalue weighted by Gasteiger charge is -2.38. The van der Waals surface area contributed by atoms with Crippen LogP contribution in [-0.2, 0) is 0 Å². The Morgan fingerprint density at radius 2 is 1.55 bits per heavy atom. The Kier molecular flexibility index (Phi) is 2.47. The number of hydrogen-bond donors (Lipinski definition) is 1. The standard InChI is InChI=1S/C10H19N/c1-2-4-6-9-8-11-10(9)7-5-3-1/h9-11H,1-8H2. The van der Waals surface area contributed by atoms with Crippen LogP contribution in [0, 0.1) is 5.92 Å². The zero-order valence-electron chi connectivity index (χ0n) is 7.31. The minimum Gasteiger partial charge on any atom is -0.313 e. The Hall–Kier alpha value is -0.0400. The average Bonchev–Trinajstić information content (AvgIpc) is 2.04. The van der Waals surface area contributed by atoms with Crippen LogP contribution in [0.2, 0.25) is 0 Å². The van der Waals surface area contributed by atoms with Gasteiger partial charge < -0.3 is 5.32 Å². The summed E-state index contributed by atoms with van der Waals surface area (Å²) in [6, 6.07) is 0.910. The molecule has 2 fully saturated rings. The second kappa shape index (κ2) is 3.57. The van der Waals surface area contributed by atoms with Gasteiger partial charge in [-0.15, -0.1) is 0 Å². The first-order valence-electron chi connectivity index (χ1n) is 5.20. The van der Waals surface area contributed by atoms with Gasteiger partial charge in [0, 0.05) is 6.04 Å². The Bertz CT molecular complexity index is 108. The van der Waals surface area contributed by atoms with E-state index in [-0.39, 0.29) is 0 Å². The van der Waals surface area contributed by atoms with Gasteiger partial charge in [-0.1, -0.05) is 32.1 Å². The quantitative estimate of drug-likeness (QED) is 0.563. The molecule has 2 atom stereocenters. The number of nitrogens with one attached hydrogen (secondary N) is 1. The molecule has 0 aromatic heterocycles. The highest BCUT2D eigenvalue weighted by Gasteiger charge is 2.29. The highest BCUT2D eigenvalue weighted by atomic mass is 15.0. The predicted octanol–water partition coefficient (Wildman–Crippen LogP) is 2.32. The summed E-state index contributed by atoms with van der Waals surface area (Å²) in [7, 11) is 0. The van der Waals surface area contributed by atoms with Gasteiger partial charge in [0.1, 0.15) is 0 Å². The van der Waals surface area contributed by atoms with Crippen LogP contribution in [0.3, 0.4) is 0 Å². The van der Waals surface area contributed by atoms with Crippen molar-refractivity contribution in [2.45, 2.75) is 51.0 Å². The van der Waals surface area contributed by atoms with E-state index in [9.17, 15) is 0 Å². The summed E-state index contributed by atoms with van der Waals surface area (Å²) in [5, 5.41) is 3.54. The summed E-state index contributed by atoms with van der Waals surface area (Å²) in [5.41, 5.74) is 0. The van der Waals surface area contributed by atoms with Crippen molar-refractivity contribution in [1.29, 1.82) is 0 Å². The number of fused-ring (bicyclic) bond motifs is 1. The van der Waals surface area contributed by atoms with Crippen LogP contribution in [0.25, 0.3) is 0 Å². The molecule has 1 heteroatoms. The van der Waals surface area contributed by atoms with Crippen molar-refractivity contribution in [3.05, 3.63) is 0 Å². The Balaban J connectivity index is 1.81. The maximum absolute atomic E-state index is 3.54. The fourth-order valence-corrected chi connectivity index (χ4v) is 2.39. The monoisotopic (exact) mass is 153 g/mol. The van der Waals surface area contributed by atoms with E-state index in [0.29, 0.717) is 0 Å². The molecule has 11 heavy (non-hydrogen) atoms. The van der Waals surface area contributed by atoms with Crippen molar-refractivity contribution in [1.82, 2.24) is 5.32 Å². The Morgan fingerprint density at radius 3 is 2.27 bits per heavy atom. The molecule has 64 valence electrons. The van der Waals surface area contributed by atoms with Crippen molar-refractivity contribution in [3.63, 3.8) is 0 Å². The van der Waals surface area contributed by atoms with Gasteiger partial charge in [0.15, 0.2) is 0 Å². The molecule has 1 nitrogen and oxygen atoms in total. The highest BCUT2D eigenvalue weighted by Crippen LogP contribution is 2.26. The van der Waals surface area contributed by atoms with Gasteiger partial charge in [0.05, 0.1) is 0 Å². The summed E-state index contributed by atoms with van der Waals surface area (Å²) < 4.78 is 0. The van der Waals surface area contributed by atoms with E-state index in [1.807, 2.05) is 0 Å². The van der Waals surface area contributed by atoms with Gasteiger partial charge in [-0.25, -0.2) is 0 Å². The molecule has 1 aliphatic carbocycles. The summed E-state index contributed by atoms with van der Waals surface area (Å²) in [5.74, 6) is 1.05. The molecule has 0 amide bonds. The third-order valence-electron chi connectivity index (χ3n) is 3.30. The van der Waals surface area contributed by atoms with Crippen LogP contribution in [0.4, 0.5) is 0 Å². The fraction of sp³-hybridized carbons (Fsp3) is 1.00. The summed E-state index contributed by atoms with van der Waals surface area (Å²) in [6.07, 6.45) is 10.4. The first kappa shape index (κ1) is 7.60. The Labute approximate surface area is 69.6 Å². The molecule has 0 radical (unpaired) electrons. The van der Waals surface area contributed by atoms with Crippen LogP contribution in [0.5, 0.6) is 0 Å². The first-order chi connectivity index (χ1) is 5.47. The molecule has 2 rings (SSSR count). The van der Waals surface area contributed by atoms with E-state index >= 15 is 0 Å². The molecule has 2 unspecified atom stereocenters. The molecule has 2 aliphatic rings. The lowest BCUT2D eigenvalue weighted by molar-refractivity contribution is 0.204. The molecule has 0 aromatic rings. The molecule has 0 aromatic carbocycles. The van der Waals surface area contributed by atoms with Crippen molar-refractivity contribution in [3.8, 4) is 0 Å². The van der Waals surface area contributed by atoms with Gasteiger partial charge in [-0.3, -0.25) is 0 Å². The van der Waals surface area contributed by atoms with Crippen LogP contribution < -0.4 is 5.32 Å². The van der Waals surface area contributed by atoms with Crippen LogP contribution >= 0.6 is 0 Å². The zero-order valence-corrected chi connectivity index (χ0v) is 7.31. The van der Waals surface area contributed by atoms with E-state index in [0.717, 1.165) is 12.0 Å². The topological polar surface area (TPSA) is 12.0 Å². The number of hydrogen-bond acceptors (Lipinski definition) is 1. The van der Waals surface area contributed by atoms with Crippen molar-refractivity contribution in [2.24, 2.45) is 5.92 Å². The van der Waals surface area contributed by atoms with Gasteiger partial charge in [0.2, 0.25) is 0 Å². The molecular formula is C10H19N. The normalized spacial score (nSPS) is 39.3. The van der Waals surface area contributed by atoms with Gasteiger partial charge >= 0.3 is 0 Å². The molecular weight excluding hydrogens is 134 g/mol. The summed E-state index contributed by atoms with van der Waals surface area (Å²) in [4.78, 5) is 0. The smallest absolute Gasteiger partial charge is 0.0108 e. The van der Waals surface area contributed by atoms with Gasteiger partial charge in [-0.05, 0) is 25.3 Å². The van der Waals surface area contributed by atoms with E-state index in [1.165, 1.54) is 51.5 Å².